The van der Waals surface area contributed by atoms with Crippen LogP contribution in [0, 0.1) is 10.1 Å². The van der Waals surface area contributed by atoms with Gasteiger partial charge >= 0.3 is 0 Å². The molecule has 7 nitrogen and oxygen atoms in total. The molecule has 2 aromatic rings. The van der Waals surface area contributed by atoms with Crippen molar-refractivity contribution in [1.29, 1.82) is 0 Å². The van der Waals surface area contributed by atoms with E-state index < -0.39 is 10.8 Å². The Morgan fingerprint density at radius 1 is 1.18 bits per heavy atom. The van der Waals surface area contributed by atoms with Gasteiger partial charge in [-0.1, -0.05) is 0 Å². The lowest BCUT2D eigenvalue weighted by atomic mass is 10.2. The number of carbonyl (C=O) groups excluding carboxylic acids is 1. The number of nitro benzene ring substituents is 1. The van der Waals surface area contributed by atoms with Crippen molar-refractivity contribution in [2.75, 3.05) is 6.61 Å². The van der Waals surface area contributed by atoms with Crippen LogP contribution in [0.3, 0.4) is 0 Å². The molecular weight excluding hydrogens is 286 g/mol. The summed E-state index contributed by atoms with van der Waals surface area (Å²) in [6, 6.07) is 12.9. The van der Waals surface area contributed by atoms with Gasteiger partial charge in [0.05, 0.1) is 10.6 Å². The van der Waals surface area contributed by atoms with E-state index in [0.717, 1.165) is 5.56 Å². The molecule has 0 saturated carbocycles. The third-order valence-electron chi connectivity index (χ3n) is 2.68. The topological polar surface area (TPSA) is 108 Å². The van der Waals surface area contributed by atoms with Crippen molar-refractivity contribution in [1.82, 2.24) is 0 Å². The number of aliphatic imine (C=N–C) groups is 1. The van der Waals surface area contributed by atoms with Crippen molar-refractivity contribution in [3.05, 3.63) is 64.2 Å². The number of hydrogen-bond acceptors (Lipinski definition) is 5. The highest BCUT2D eigenvalue weighted by Gasteiger charge is 2.02. The Balaban J connectivity index is 2.00. The summed E-state index contributed by atoms with van der Waals surface area (Å²) in [6.07, 6.45) is 1.62. The highest BCUT2D eigenvalue weighted by Crippen LogP contribution is 2.18. The summed E-state index contributed by atoms with van der Waals surface area (Å²) in [4.78, 5) is 24.9. The molecular formula is C15H13N3O4. The van der Waals surface area contributed by atoms with Crippen molar-refractivity contribution < 1.29 is 14.5 Å². The summed E-state index contributed by atoms with van der Waals surface area (Å²) in [6.45, 7) is -0.170. The molecule has 0 fully saturated rings. The number of nitrogens with zero attached hydrogens (tertiary/aromatic N) is 2. The van der Waals surface area contributed by atoms with E-state index in [2.05, 4.69) is 4.99 Å². The first-order valence-electron chi connectivity index (χ1n) is 6.34. The Kier molecular flexibility index (Phi) is 4.81. The van der Waals surface area contributed by atoms with Crippen LogP contribution < -0.4 is 10.5 Å². The SMILES string of the molecule is NC(=O)COc1ccc(C=Nc2ccc([N+](=O)[O-])cc2)cc1. The van der Waals surface area contributed by atoms with E-state index in [9.17, 15) is 14.9 Å². The number of nitrogens with two attached hydrogens (primary N) is 1. The molecule has 0 radical (unpaired) electrons. The molecule has 0 aromatic heterocycles. The summed E-state index contributed by atoms with van der Waals surface area (Å²) in [5, 5.41) is 10.5. The Labute approximate surface area is 126 Å². The molecule has 0 aliphatic carbocycles. The number of nitro groups is 1. The van der Waals surface area contributed by atoms with Crippen molar-refractivity contribution in [2.24, 2.45) is 10.7 Å². The van der Waals surface area contributed by atoms with Crippen LogP contribution in [0.15, 0.2) is 53.5 Å². The van der Waals surface area contributed by atoms with Crippen LogP contribution in [-0.2, 0) is 4.79 Å². The van der Waals surface area contributed by atoms with Crippen molar-refractivity contribution in [2.45, 2.75) is 0 Å². The molecule has 0 aliphatic rings. The number of non-ortho nitro benzene ring substituents is 1. The number of benzene rings is 2. The molecule has 0 saturated heterocycles. The molecule has 0 aliphatic heterocycles. The van der Waals surface area contributed by atoms with Gasteiger partial charge < -0.3 is 10.5 Å². The van der Waals surface area contributed by atoms with E-state index in [4.69, 9.17) is 10.5 Å². The van der Waals surface area contributed by atoms with E-state index in [1.807, 2.05) is 0 Å². The van der Waals surface area contributed by atoms with Gasteiger partial charge in [-0.2, -0.15) is 0 Å². The lowest BCUT2D eigenvalue weighted by Gasteiger charge is -2.03. The normalized spacial score (nSPS) is 10.5. The van der Waals surface area contributed by atoms with Gasteiger partial charge in [0.1, 0.15) is 5.75 Å². The third kappa shape index (κ3) is 4.41. The quantitative estimate of drug-likeness (QED) is 0.501. The molecule has 1 amide bonds. The van der Waals surface area contributed by atoms with E-state index in [1.165, 1.54) is 12.1 Å². The van der Waals surface area contributed by atoms with Crippen LogP contribution in [0.4, 0.5) is 11.4 Å². The number of carbonyl (C=O) groups is 1. The maximum absolute atomic E-state index is 10.6. The first kappa shape index (κ1) is 15.2. The van der Waals surface area contributed by atoms with Gasteiger partial charge in [0.2, 0.25) is 0 Å². The number of ether oxygens (including phenoxy) is 1. The second-order valence-electron chi connectivity index (χ2n) is 4.36. The minimum atomic E-state index is -0.538. The van der Waals surface area contributed by atoms with Gasteiger partial charge in [-0.25, -0.2) is 0 Å². The maximum Gasteiger partial charge on any atom is 0.269 e. The van der Waals surface area contributed by atoms with Gasteiger partial charge in [0.15, 0.2) is 6.61 Å². The highest BCUT2D eigenvalue weighted by molar-refractivity contribution is 5.82. The average molecular weight is 299 g/mol. The lowest BCUT2D eigenvalue weighted by Crippen LogP contribution is -2.19. The summed E-state index contributed by atoms with van der Waals surface area (Å²) >= 11 is 0. The Bertz CT molecular complexity index is 694. The maximum atomic E-state index is 10.6. The molecule has 2 aromatic carbocycles. The number of amides is 1. The smallest absolute Gasteiger partial charge is 0.269 e. The first-order chi connectivity index (χ1) is 10.5. The zero-order valence-corrected chi connectivity index (χ0v) is 11.5. The summed E-state index contributed by atoms with van der Waals surface area (Å²) in [7, 11) is 0. The summed E-state index contributed by atoms with van der Waals surface area (Å²) in [5.74, 6) is -0.00454. The number of rotatable bonds is 6. The number of primary amides is 1. The minimum absolute atomic E-state index is 0.0231. The highest BCUT2D eigenvalue weighted by atomic mass is 16.6. The molecule has 0 bridgehead atoms. The Morgan fingerprint density at radius 2 is 1.82 bits per heavy atom. The standard InChI is InChI=1S/C15H13N3O4/c16-15(19)10-22-14-7-1-11(2-8-14)9-17-12-3-5-13(6-4-12)18(20)21/h1-9H,10H2,(H2,16,19). The first-order valence-corrected chi connectivity index (χ1v) is 6.34. The second kappa shape index (κ2) is 6.98. The molecule has 0 atom stereocenters. The fourth-order valence-electron chi connectivity index (χ4n) is 1.61. The molecule has 0 spiro atoms. The van der Waals surface area contributed by atoms with E-state index in [0.29, 0.717) is 11.4 Å². The van der Waals surface area contributed by atoms with Gasteiger partial charge in [-0.3, -0.25) is 19.9 Å². The largest absolute Gasteiger partial charge is 0.484 e. The van der Waals surface area contributed by atoms with Crippen LogP contribution >= 0.6 is 0 Å². The predicted molar refractivity (Wildman–Crippen MR) is 81.5 cm³/mol. The second-order valence-corrected chi connectivity index (χ2v) is 4.36. The zero-order chi connectivity index (χ0) is 15.9. The zero-order valence-electron chi connectivity index (χ0n) is 11.5. The van der Waals surface area contributed by atoms with Crippen LogP contribution in [-0.4, -0.2) is 23.7 Å². The van der Waals surface area contributed by atoms with Gasteiger partial charge in [-0.05, 0) is 42.0 Å². The van der Waals surface area contributed by atoms with Crippen molar-refractivity contribution in [3.8, 4) is 5.75 Å². The van der Waals surface area contributed by atoms with Crippen molar-refractivity contribution >= 4 is 23.5 Å². The fourth-order valence-corrected chi connectivity index (χ4v) is 1.61. The molecule has 112 valence electrons. The summed E-state index contributed by atoms with van der Waals surface area (Å²) in [5.41, 5.74) is 6.44. The molecule has 2 N–H and O–H groups in total. The van der Waals surface area contributed by atoms with Gasteiger partial charge in [-0.15, -0.1) is 0 Å². The van der Waals surface area contributed by atoms with Crippen LogP contribution in [0.2, 0.25) is 0 Å². The molecule has 2 rings (SSSR count). The van der Waals surface area contributed by atoms with E-state index in [-0.39, 0.29) is 12.3 Å². The lowest BCUT2D eigenvalue weighted by molar-refractivity contribution is -0.384. The fraction of sp³-hybridized carbons (Fsp3) is 0.0667. The van der Waals surface area contributed by atoms with Crippen LogP contribution in [0.5, 0.6) is 5.75 Å². The Hall–Kier alpha value is -3.22. The minimum Gasteiger partial charge on any atom is -0.484 e. The molecule has 7 heteroatoms. The van der Waals surface area contributed by atoms with Gasteiger partial charge in [0.25, 0.3) is 11.6 Å². The summed E-state index contributed by atoms with van der Waals surface area (Å²) < 4.78 is 5.14. The van der Waals surface area contributed by atoms with Gasteiger partial charge in [0, 0.05) is 18.3 Å². The van der Waals surface area contributed by atoms with E-state index >= 15 is 0 Å². The Morgan fingerprint density at radius 3 is 2.36 bits per heavy atom. The average Bonchev–Trinajstić information content (AvgIpc) is 2.52. The predicted octanol–water partition coefficient (Wildman–Crippen LogP) is 2.21. The molecule has 22 heavy (non-hydrogen) atoms. The third-order valence-corrected chi connectivity index (χ3v) is 2.68. The van der Waals surface area contributed by atoms with Crippen LogP contribution in [0.1, 0.15) is 5.56 Å². The van der Waals surface area contributed by atoms with E-state index in [1.54, 1.807) is 42.6 Å². The van der Waals surface area contributed by atoms with Crippen molar-refractivity contribution in [3.63, 3.8) is 0 Å². The molecule has 0 heterocycles. The molecule has 0 unspecified atom stereocenters. The number of hydrogen-bond donors (Lipinski definition) is 1. The van der Waals surface area contributed by atoms with Crippen LogP contribution in [0.25, 0.3) is 0 Å². The monoisotopic (exact) mass is 299 g/mol.